The van der Waals surface area contributed by atoms with Gasteiger partial charge in [-0.15, -0.1) is 0 Å². The third-order valence-corrected chi connectivity index (χ3v) is 3.00. The van der Waals surface area contributed by atoms with Crippen LogP contribution in [0.4, 0.5) is 8.78 Å². The Morgan fingerprint density at radius 3 is 2.42 bits per heavy atom. The van der Waals surface area contributed by atoms with E-state index < -0.39 is 6.61 Å². The van der Waals surface area contributed by atoms with E-state index in [2.05, 4.69) is 10.1 Å². The van der Waals surface area contributed by atoms with Gasteiger partial charge in [0.25, 0.3) is 0 Å². The normalized spacial score (nSPS) is 14.4. The molecule has 1 rings (SSSR count). The predicted octanol–water partition coefficient (Wildman–Crippen LogP) is 3.10. The number of benzene rings is 1. The van der Waals surface area contributed by atoms with Gasteiger partial charge < -0.3 is 15.2 Å². The second-order valence-corrected chi connectivity index (χ2v) is 4.47. The van der Waals surface area contributed by atoms with E-state index in [9.17, 15) is 13.9 Å². The average Bonchev–Trinajstić information content (AvgIpc) is 2.38. The molecule has 2 atom stereocenters. The molecule has 0 heterocycles. The van der Waals surface area contributed by atoms with Crippen LogP contribution in [0.1, 0.15) is 38.3 Å². The zero-order chi connectivity index (χ0) is 14.3. The van der Waals surface area contributed by atoms with E-state index in [1.165, 1.54) is 12.1 Å². The number of rotatable bonds is 8. The van der Waals surface area contributed by atoms with Gasteiger partial charge in [-0.05, 0) is 44.0 Å². The number of halogens is 2. The first-order valence-electron chi connectivity index (χ1n) is 6.49. The first-order chi connectivity index (χ1) is 9.02. The molecule has 2 N–H and O–H groups in total. The van der Waals surface area contributed by atoms with Crippen LogP contribution >= 0.6 is 0 Å². The Kier molecular flexibility index (Phi) is 6.73. The molecule has 0 amide bonds. The zero-order valence-electron chi connectivity index (χ0n) is 11.3. The smallest absolute Gasteiger partial charge is 0.387 e. The van der Waals surface area contributed by atoms with E-state index in [1.54, 1.807) is 12.1 Å². The van der Waals surface area contributed by atoms with Crippen molar-refractivity contribution in [2.45, 2.75) is 45.4 Å². The van der Waals surface area contributed by atoms with Crippen molar-refractivity contribution in [2.75, 3.05) is 6.54 Å². The van der Waals surface area contributed by atoms with Crippen molar-refractivity contribution in [2.24, 2.45) is 0 Å². The third-order valence-electron chi connectivity index (χ3n) is 3.00. The van der Waals surface area contributed by atoms with Crippen molar-refractivity contribution < 1.29 is 18.6 Å². The number of hydrogen-bond donors (Lipinski definition) is 2. The molecule has 0 aromatic heterocycles. The van der Waals surface area contributed by atoms with Crippen molar-refractivity contribution in [3.05, 3.63) is 29.8 Å². The molecule has 0 saturated carbocycles. The average molecular weight is 273 g/mol. The Labute approximate surface area is 112 Å². The number of aliphatic hydroxyl groups is 1. The molecule has 1 aromatic carbocycles. The summed E-state index contributed by atoms with van der Waals surface area (Å²) in [5, 5.41) is 12.7. The van der Waals surface area contributed by atoms with Crippen LogP contribution in [0.15, 0.2) is 24.3 Å². The summed E-state index contributed by atoms with van der Waals surface area (Å²) < 4.78 is 28.3. The van der Waals surface area contributed by atoms with E-state index in [-0.39, 0.29) is 17.9 Å². The molecule has 0 saturated heterocycles. The number of ether oxygens (including phenoxy) is 1. The van der Waals surface area contributed by atoms with Gasteiger partial charge in [0.1, 0.15) is 5.75 Å². The minimum Gasteiger partial charge on any atom is -0.435 e. The summed E-state index contributed by atoms with van der Waals surface area (Å²) in [5.74, 6) is 0.160. The van der Waals surface area contributed by atoms with E-state index in [0.29, 0.717) is 13.0 Å². The van der Waals surface area contributed by atoms with Gasteiger partial charge in [0, 0.05) is 6.04 Å². The monoisotopic (exact) mass is 273 g/mol. The molecule has 3 nitrogen and oxygen atoms in total. The molecule has 0 aliphatic heterocycles. The highest BCUT2D eigenvalue weighted by Crippen LogP contribution is 2.19. The van der Waals surface area contributed by atoms with Crippen molar-refractivity contribution in [3.63, 3.8) is 0 Å². The maximum absolute atomic E-state index is 12.0. The van der Waals surface area contributed by atoms with E-state index in [0.717, 1.165) is 12.0 Å². The minimum atomic E-state index is -2.79. The summed E-state index contributed by atoms with van der Waals surface area (Å²) in [4.78, 5) is 0. The van der Waals surface area contributed by atoms with Crippen molar-refractivity contribution >= 4 is 0 Å². The molecule has 0 fully saturated rings. The quantitative estimate of drug-likeness (QED) is 0.764. The number of aliphatic hydroxyl groups excluding tert-OH is 1. The van der Waals surface area contributed by atoms with Gasteiger partial charge in [0.15, 0.2) is 0 Å². The van der Waals surface area contributed by atoms with E-state index >= 15 is 0 Å². The van der Waals surface area contributed by atoms with Crippen LogP contribution in [0.25, 0.3) is 0 Å². The summed E-state index contributed by atoms with van der Waals surface area (Å²) in [6, 6.07) is 6.67. The molecule has 0 bridgehead atoms. The van der Waals surface area contributed by atoms with Gasteiger partial charge >= 0.3 is 6.61 Å². The summed E-state index contributed by atoms with van der Waals surface area (Å²) in [6.07, 6.45) is 1.17. The van der Waals surface area contributed by atoms with Crippen LogP contribution in [-0.2, 0) is 0 Å². The minimum absolute atomic E-state index is 0.102. The third kappa shape index (κ3) is 5.98. The summed E-state index contributed by atoms with van der Waals surface area (Å²) in [6.45, 7) is 1.85. The Morgan fingerprint density at radius 2 is 1.89 bits per heavy atom. The first-order valence-corrected chi connectivity index (χ1v) is 6.49. The fourth-order valence-corrected chi connectivity index (χ4v) is 1.73. The Balaban J connectivity index is 2.42. The highest BCUT2D eigenvalue weighted by atomic mass is 19.3. The number of alkyl halides is 2. The molecular weight excluding hydrogens is 252 g/mol. The largest absolute Gasteiger partial charge is 0.435 e. The molecule has 5 heteroatoms. The van der Waals surface area contributed by atoms with E-state index in [4.69, 9.17) is 0 Å². The van der Waals surface area contributed by atoms with Gasteiger partial charge in [-0.1, -0.05) is 19.1 Å². The fraction of sp³-hybridized carbons (Fsp3) is 0.571. The molecule has 0 radical (unpaired) electrons. The lowest BCUT2D eigenvalue weighted by atomic mass is 10.1. The van der Waals surface area contributed by atoms with Crippen molar-refractivity contribution in [1.29, 1.82) is 0 Å². The lowest BCUT2D eigenvalue weighted by molar-refractivity contribution is -0.0498. The van der Waals surface area contributed by atoms with Gasteiger partial charge in [0.05, 0.1) is 6.10 Å². The topological polar surface area (TPSA) is 41.5 Å². The first kappa shape index (κ1) is 15.9. The molecule has 0 spiro atoms. The summed E-state index contributed by atoms with van der Waals surface area (Å²) >= 11 is 0. The molecule has 0 aliphatic carbocycles. The van der Waals surface area contributed by atoms with Gasteiger partial charge in [0.2, 0.25) is 0 Å². The van der Waals surface area contributed by atoms with Gasteiger partial charge in [-0.2, -0.15) is 8.78 Å². The molecule has 1 aromatic rings. The highest BCUT2D eigenvalue weighted by molar-refractivity contribution is 5.28. The lowest BCUT2D eigenvalue weighted by Gasteiger charge is -2.16. The van der Waals surface area contributed by atoms with Crippen LogP contribution < -0.4 is 10.1 Å². The van der Waals surface area contributed by atoms with Crippen LogP contribution in [0.5, 0.6) is 5.75 Å². The summed E-state index contributed by atoms with van der Waals surface area (Å²) in [7, 11) is 0. The van der Waals surface area contributed by atoms with Crippen LogP contribution in [0.2, 0.25) is 0 Å². The molecule has 19 heavy (non-hydrogen) atoms. The molecule has 2 unspecified atom stereocenters. The zero-order valence-corrected chi connectivity index (χ0v) is 11.3. The SMILES string of the molecule is CCC(O)CCNC(C)c1ccc(OC(F)F)cc1. The van der Waals surface area contributed by atoms with Crippen LogP contribution in [-0.4, -0.2) is 24.4 Å². The second kappa shape index (κ2) is 8.07. The number of nitrogens with one attached hydrogen (secondary N) is 1. The molecule has 0 aliphatic rings. The molecule has 108 valence electrons. The second-order valence-electron chi connectivity index (χ2n) is 4.47. The Morgan fingerprint density at radius 1 is 1.26 bits per heavy atom. The van der Waals surface area contributed by atoms with Crippen molar-refractivity contribution in [1.82, 2.24) is 5.32 Å². The maximum Gasteiger partial charge on any atom is 0.387 e. The number of hydrogen-bond acceptors (Lipinski definition) is 3. The predicted molar refractivity (Wildman–Crippen MR) is 70.4 cm³/mol. The Hall–Kier alpha value is -1.20. The fourth-order valence-electron chi connectivity index (χ4n) is 1.73. The lowest BCUT2D eigenvalue weighted by Crippen LogP contribution is -2.23. The Bertz CT molecular complexity index is 357. The summed E-state index contributed by atoms with van der Waals surface area (Å²) in [5.41, 5.74) is 0.993. The van der Waals surface area contributed by atoms with Crippen LogP contribution in [0.3, 0.4) is 0 Å². The standard InChI is InChI=1S/C14H21F2NO2/c1-3-12(18)8-9-17-10(2)11-4-6-13(7-5-11)19-14(15)16/h4-7,10,12,14,17-18H,3,8-9H2,1-2H3. The van der Waals surface area contributed by atoms with E-state index in [1.807, 2.05) is 13.8 Å². The van der Waals surface area contributed by atoms with Crippen LogP contribution in [0, 0.1) is 0 Å². The maximum atomic E-state index is 12.0. The van der Waals surface area contributed by atoms with Gasteiger partial charge in [-0.25, -0.2) is 0 Å². The molecular formula is C14H21F2NO2. The van der Waals surface area contributed by atoms with Crippen molar-refractivity contribution in [3.8, 4) is 5.75 Å². The van der Waals surface area contributed by atoms with Gasteiger partial charge in [-0.3, -0.25) is 0 Å². The highest BCUT2D eigenvalue weighted by Gasteiger charge is 2.08.